The first-order valence-electron chi connectivity index (χ1n) is 4.69. The van der Waals surface area contributed by atoms with Gasteiger partial charge in [0.25, 0.3) is 0 Å². The Hall–Kier alpha value is -1.21. The Morgan fingerprint density at radius 3 is 2.73 bits per heavy atom. The molecule has 0 saturated heterocycles. The second-order valence-electron chi connectivity index (χ2n) is 3.42. The minimum atomic E-state index is 0.308. The summed E-state index contributed by atoms with van der Waals surface area (Å²) in [5.41, 5.74) is 0.557. The fourth-order valence-electron chi connectivity index (χ4n) is 1.25. The van der Waals surface area contributed by atoms with Crippen molar-refractivity contribution in [3.8, 4) is 17.6 Å². The molecular weight excluding hydrogens is 258 g/mol. The number of rotatable bonds is 3. The van der Waals surface area contributed by atoms with Crippen molar-refractivity contribution in [2.24, 2.45) is 0 Å². The second-order valence-corrected chi connectivity index (χ2v) is 4.27. The van der Waals surface area contributed by atoms with Crippen molar-refractivity contribution < 1.29 is 9.47 Å². The van der Waals surface area contributed by atoms with E-state index < -0.39 is 0 Å². The maximum Gasteiger partial charge on any atom is 0.175 e. The lowest BCUT2D eigenvalue weighted by Crippen LogP contribution is -2.00. The van der Waals surface area contributed by atoms with Gasteiger partial charge in [0.15, 0.2) is 11.5 Å². The van der Waals surface area contributed by atoms with Gasteiger partial charge in [0, 0.05) is 6.07 Å². The van der Waals surface area contributed by atoms with Gasteiger partial charge in [-0.1, -0.05) is 0 Å². The number of nitriles is 1. The third kappa shape index (κ3) is 2.24. The lowest BCUT2D eigenvalue weighted by molar-refractivity contribution is 0.280. The molecule has 0 heterocycles. The average Bonchev–Trinajstić information content (AvgIpc) is 3.04. The standard InChI is InChI=1S/C11H10BrNO2/c1-14-10-5-7(6-13)4-9(12)11(10)15-8-2-3-8/h4-5,8H,2-3H2,1H3. The van der Waals surface area contributed by atoms with E-state index in [0.29, 0.717) is 23.2 Å². The highest BCUT2D eigenvalue weighted by atomic mass is 79.9. The van der Waals surface area contributed by atoms with Gasteiger partial charge < -0.3 is 9.47 Å². The fourth-order valence-corrected chi connectivity index (χ4v) is 1.79. The van der Waals surface area contributed by atoms with Crippen LogP contribution in [0.1, 0.15) is 18.4 Å². The summed E-state index contributed by atoms with van der Waals surface area (Å²) in [6.07, 6.45) is 2.49. The topological polar surface area (TPSA) is 42.2 Å². The van der Waals surface area contributed by atoms with Crippen LogP contribution in [0.2, 0.25) is 0 Å². The van der Waals surface area contributed by atoms with Gasteiger partial charge in [0.2, 0.25) is 0 Å². The van der Waals surface area contributed by atoms with Crippen molar-refractivity contribution >= 4 is 15.9 Å². The van der Waals surface area contributed by atoms with Gasteiger partial charge in [-0.25, -0.2) is 0 Å². The molecule has 4 heteroatoms. The molecule has 0 unspecified atom stereocenters. The van der Waals surface area contributed by atoms with Crippen LogP contribution >= 0.6 is 15.9 Å². The van der Waals surface area contributed by atoms with Gasteiger partial charge >= 0.3 is 0 Å². The van der Waals surface area contributed by atoms with Gasteiger partial charge in [-0.2, -0.15) is 5.26 Å². The molecule has 1 aromatic rings. The normalized spacial score (nSPS) is 14.5. The van der Waals surface area contributed by atoms with Crippen molar-refractivity contribution in [2.75, 3.05) is 7.11 Å². The Labute approximate surface area is 96.7 Å². The molecule has 0 atom stereocenters. The maximum atomic E-state index is 8.80. The molecule has 78 valence electrons. The van der Waals surface area contributed by atoms with Crippen LogP contribution in [-0.4, -0.2) is 13.2 Å². The first-order valence-corrected chi connectivity index (χ1v) is 5.48. The van der Waals surface area contributed by atoms with E-state index in [1.807, 2.05) is 0 Å². The average molecular weight is 268 g/mol. The molecular formula is C11H10BrNO2. The quantitative estimate of drug-likeness (QED) is 0.846. The molecule has 3 nitrogen and oxygen atoms in total. The van der Waals surface area contributed by atoms with Crippen molar-refractivity contribution in [1.82, 2.24) is 0 Å². The summed E-state index contributed by atoms with van der Waals surface area (Å²) in [7, 11) is 1.57. The zero-order valence-corrected chi connectivity index (χ0v) is 9.87. The Balaban J connectivity index is 2.37. The smallest absolute Gasteiger partial charge is 0.175 e. The minimum absolute atomic E-state index is 0.308. The van der Waals surface area contributed by atoms with Crippen LogP contribution in [0.5, 0.6) is 11.5 Å². The molecule has 0 bridgehead atoms. The first kappa shape index (κ1) is 10.3. The summed E-state index contributed by atoms with van der Waals surface area (Å²) in [5.74, 6) is 1.30. The van der Waals surface area contributed by atoms with E-state index in [0.717, 1.165) is 17.3 Å². The Morgan fingerprint density at radius 2 is 2.20 bits per heavy atom. The molecule has 0 radical (unpaired) electrons. The molecule has 15 heavy (non-hydrogen) atoms. The largest absolute Gasteiger partial charge is 0.493 e. The van der Waals surface area contributed by atoms with Crippen LogP contribution in [0.15, 0.2) is 16.6 Å². The van der Waals surface area contributed by atoms with E-state index >= 15 is 0 Å². The van der Waals surface area contributed by atoms with Gasteiger partial charge in [0.05, 0.1) is 29.3 Å². The third-order valence-electron chi connectivity index (χ3n) is 2.17. The van der Waals surface area contributed by atoms with Crippen LogP contribution in [0.3, 0.4) is 0 Å². The second kappa shape index (κ2) is 4.11. The highest BCUT2D eigenvalue weighted by molar-refractivity contribution is 9.10. The van der Waals surface area contributed by atoms with Gasteiger partial charge in [-0.3, -0.25) is 0 Å². The van der Waals surface area contributed by atoms with Crippen molar-refractivity contribution in [3.05, 3.63) is 22.2 Å². The van der Waals surface area contributed by atoms with Crippen molar-refractivity contribution in [2.45, 2.75) is 18.9 Å². The monoisotopic (exact) mass is 267 g/mol. The number of hydrogen-bond acceptors (Lipinski definition) is 3. The molecule has 2 rings (SSSR count). The molecule has 0 N–H and O–H groups in total. The van der Waals surface area contributed by atoms with Crippen LogP contribution in [0.4, 0.5) is 0 Å². The Bertz CT molecular complexity index is 421. The summed E-state index contributed by atoms with van der Waals surface area (Å²) >= 11 is 3.38. The predicted octanol–water partition coefficient (Wildman–Crippen LogP) is 2.87. The van der Waals surface area contributed by atoms with Gasteiger partial charge in [0.1, 0.15) is 0 Å². The van der Waals surface area contributed by atoms with Gasteiger partial charge in [-0.15, -0.1) is 0 Å². The molecule has 1 aromatic carbocycles. The Morgan fingerprint density at radius 1 is 1.47 bits per heavy atom. The molecule has 1 aliphatic rings. The SMILES string of the molecule is COc1cc(C#N)cc(Br)c1OC1CC1. The van der Waals surface area contributed by atoms with Crippen molar-refractivity contribution in [3.63, 3.8) is 0 Å². The lowest BCUT2D eigenvalue weighted by atomic mass is 10.2. The number of benzene rings is 1. The summed E-state index contributed by atoms with van der Waals surface area (Å²) < 4.78 is 11.7. The van der Waals surface area contributed by atoms with Crippen molar-refractivity contribution in [1.29, 1.82) is 5.26 Å². The Kier molecular flexibility index (Phi) is 2.83. The van der Waals surface area contributed by atoms with Crippen LogP contribution in [0, 0.1) is 11.3 Å². The van der Waals surface area contributed by atoms with E-state index in [-0.39, 0.29) is 0 Å². The molecule has 0 aliphatic heterocycles. The first-order chi connectivity index (χ1) is 7.24. The van der Waals surface area contributed by atoms with E-state index in [9.17, 15) is 0 Å². The third-order valence-corrected chi connectivity index (χ3v) is 2.76. The number of halogens is 1. The van der Waals surface area contributed by atoms with Crippen LogP contribution in [0.25, 0.3) is 0 Å². The molecule has 0 spiro atoms. The summed E-state index contributed by atoms with van der Waals surface area (Å²) in [6, 6.07) is 5.49. The number of hydrogen-bond donors (Lipinski definition) is 0. The molecule has 1 saturated carbocycles. The molecule has 1 fully saturated rings. The minimum Gasteiger partial charge on any atom is -0.493 e. The molecule has 0 aromatic heterocycles. The van der Waals surface area contributed by atoms with E-state index in [1.165, 1.54) is 0 Å². The van der Waals surface area contributed by atoms with Gasteiger partial charge in [-0.05, 0) is 34.8 Å². The highest BCUT2D eigenvalue weighted by Gasteiger charge is 2.26. The summed E-state index contributed by atoms with van der Waals surface area (Å²) in [5, 5.41) is 8.80. The lowest BCUT2D eigenvalue weighted by Gasteiger charge is -2.11. The number of nitrogens with zero attached hydrogens (tertiary/aromatic N) is 1. The zero-order valence-electron chi connectivity index (χ0n) is 8.29. The van der Waals surface area contributed by atoms with E-state index in [1.54, 1.807) is 19.2 Å². The van der Waals surface area contributed by atoms with E-state index in [4.69, 9.17) is 14.7 Å². The molecule has 0 amide bonds. The van der Waals surface area contributed by atoms with Crippen LogP contribution < -0.4 is 9.47 Å². The summed E-state index contributed by atoms with van der Waals surface area (Å²) in [6.45, 7) is 0. The predicted molar refractivity (Wildman–Crippen MR) is 59.1 cm³/mol. The zero-order chi connectivity index (χ0) is 10.8. The number of ether oxygens (including phenoxy) is 2. The fraction of sp³-hybridized carbons (Fsp3) is 0.364. The van der Waals surface area contributed by atoms with Crippen LogP contribution in [-0.2, 0) is 0 Å². The summed E-state index contributed by atoms with van der Waals surface area (Å²) in [4.78, 5) is 0. The highest BCUT2D eigenvalue weighted by Crippen LogP contribution is 2.40. The van der Waals surface area contributed by atoms with E-state index in [2.05, 4.69) is 22.0 Å². The maximum absolute atomic E-state index is 8.80. The molecule has 1 aliphatic carbocycles. The number of methoxy groups -OCH3 is 1.